The standard InChI is InChI=1S/C25H25NO8/c1-31-11-3-10-26-21(15-4-6-16(7-5-15)25(30)32-2)20(23(28)24(26)29)22(27)17-8-9-18-19(14-17)34-13-12-33-18/h4-9,14,21,27H,3,10-13H2,1-2H3/b22-20+/t21-/m0/s1. The summed E-state index contributed by atoms with van der Waals surface area (Å²) in [5, 5.41) is 11.2. The number of likely N-dealkylation sites (tertiary alicyclic amines) is 1. The van der Waals surface area contributed by atoms with Crippen molar-refractivity contribution in [3.05, 3.63) is 64.7 Å². The van der Waals surface area contributed by atoms with Gasteiger partial charge in [0.25, 0.3) is 11.7 Å². The van der Waals surface area contributed by atoms with E-state index in [1.54, 1.807) is 49.6 Å². The lowest BCUT2D eigenvalue weighted by molar-refractivity contribution is -0.140. The molecule has 2 aromatic rings. The number of ketones is 1. The molecule has 9 nitrogen and oxygen atoms in total. The number of aliphatic hydroxyl groups excluding tert-OH is 1. The molecular weight excluding hydrogens is 442 g/mol. The minimum atomic E-state index is -0.836. The molecule has 1 amide bonds. The lowest BCUT2D eigenvalue weighted by atomic mass is 9.94. The maximum Gasteiger partial charge on any atom is 0.337 e. The molecule has 2 heterocycles. The summed E-state index contributed by atoms with van der Waals surface area (Å²) in [6.45, 7) is 1.44. The van der Waals surface area contributed by atoms with E-state index in [9.17, 15) is 19.5 Å². The first-order chi connectivity index (χ1) is 16.5. The highest BCUT2D eigenvalue weighted by Gasteiger charge is 2.45. The Bertz CT molecular complexity index is 1140. The predicted octanol–water partition coefficient (Wildman–Crippen LogP) is 2.70. The summed E-state index contributed by atoms with van der Waals surface area (Å²) in [4.78, 5) is 39.3. The van der Waals surface area contributed by atoms with Gasteiger partial charge in [-0.3, -0.25) is 9.59 Å². The van der Waals surface area contributed by atoms with Crippen LogP contribution in [0, 0.1) is 0 Å². The van der Waals surface area contributed by atoms with Gasteiger partial charge in [-0.15, -0.1) is 0 Å². The summed E-state index contributed by atoms with van der Waals surface area (Å²) in [5.41, 5.74) is 1.19. The minimum Gasteiger partial charge on any atom is -0.507 e. The van der Waals surface area contributed by atoms with Gasteiger partial charge in [-0.2, -0.15) is 0 Å². The third-order valence-electron chi connectivity index (χ3n) is 5.75. The van der Waals surface area contributed by atoms with Crippen LogP contribution >= 0.6 is 0 Å². The Morgan fingerprint density at radius 1 is 1.03 bits per heavy atom. The van der Waals surface area contributed by atoms with Crippen LogP contribution in [-0.2, 0) is 19.1 Å². The van der Waals surface area contributed by atoms with Crippen LogP contribution in [0.1, 0.15) is 33.9 Å². The molecule has 1 atom stereocenters. The molecule has 9 heteroatoms. The van der Waals surface area contributed by atoms with Gasteiger partial charge in [0.15, 0.2) is 11.5 Å². The first-order valence-electron chi connectivity index (χ1n) is 10.8. The Labute approximate surface area is 196 Å². The van der Waals surface area contributed by atoms with E-state index >= 15 is 0 Å². The highest BCUT2D eigenvalue weighted by molar-refractivity contribution is 6.46. The van der Waals surface area contributed by atoms with Crippen molar-refractivity contribution in [2.75, 3.05) is 40.6 Å². The molecule has 34 heavy (non-hydrogen) atoms. The Kier molecular flexibility index (Phi) is 6.83. The van der Waals surface area contributed by atoms with Gasteiger partial charge >= 0.3 is 5.97 Å². The molecule has 2 aliphatic heterocycles. The summed E-state index contributed by atoms with van der Waals surface area (Å²) >= 11 is 0. The van der Waals surface area contributed by atoms with Crippen molar-refractivity contribution < 1.29 is 38.4 Å². The Morgan fingerprint density at radius 2 is 1.71 bits per heavy atom. The second-order valence-corrected chi connectivity index (χ2v) is 7.81. The van der Waals surface area contributed by atoms with Crippen LogP contribution in [0.15, 0.2) is 48.0 Å². The van der Waals surface area contributed by atoms with Crippen LogP contribution in [0.4, 0.5) is 0 Å². The molecule has 0 bridgehead atoms. The number of Topliss-reactive ketones (excluding diaryl/α,β-unsaturated/α-hetero) is 1. The summed E-state index contributed by atoms with van der Waals surface area (Å²) in [7, 11) is 2.84. The zero-order valence-corrected chi connectivity index (χ0v) is 18.9. The van der Waals surface area contributed by atoms with Gasteiger partial charge in [-0.1, -0.05) is 12.1 Å². The van der Waals surface area contributed by atoms with Gasteiger partial charge in [-0.05, 0) is 42.3 Å². The normalized spacial score (nSPS) is 18.8. The molecule has 1 N–H and O–H groups in total. The molecule has 2 aromatic carbocycles. The molecule has 0 spiro atoms. The average Bonchev–Trinajstić information content (AvgIpc) is 3.12. The van der Waals surface area contributed by atoms with Crippen molar-refractivity contribution in [1.29, 1.82) is 0 Å². The smallest absolute Gasteiger partial charge is 0.337 e. The number of hydrogen-bond donors (Lipinski definition) is 1. The molecule has 0 aromatic heterocycles. The number of aliphatic hydroxyl groups is 1. The Morgan fingerprint density at radius 3 is 2.38 bits per heavy atom. The summed E-state index contributed by atoms with van der Waals surface area (Å²) in [6.07, 6.45) is 0.504. The van der Waals surface area contributed by atoms with Crippen LogP contribution in [0.5, 0.6) is 11.5 Å². The molecule has 178 valence electrons. The lowest BCUT2D eigenvalue weighted by Crippen LogP contribution is -2.31. The Balaban J connectivity index is 1.79. The van der Waals surface area contributed by atoms with E-state index < -0.39 is 23.7 Å². The zero-order valence-electron chi connectivity index (χ0n) is 18.9. The maximum absolute atomic E-state index is 13.1. The number of benzene rings is 2. The molecule has 1 fully saturated rings. The van der Waals surface area contributed by atoms with Crippen LogP contribution in [0.2, 0.25) is 0 Å². The van der Waals surface area contributed by atoms with Crippen molar-refractivity contribution in [2.24, 2.45) is 0 Å². The molecule has 2 aliphatic rings. The van der Waals surface area contributed by atoms with Gasteiger partial charge in [0.2, 0.25) is 0 Å². The number of carbonyl (C=O) groups excluding carboxylic acids is 3. The van der Waals surface area contributed by atoms with E-state index in [0.717, 1.165) is 0 Å². The third-order valence-corrected chi connectivity index (χ3v) is 5.75. The first kappa shape index (κ1) is 23.3. The molecular formula is C25H25NO8. The fraction of sp³-hybridized carbons (Fsp3) is 0.320. The number of ether oxygens (including phenoxy) is 4. The fourth-order valence-electron chi connectivity index (χ4n) is 4.10. The van der Waals surface area contributed by atoms with E-state index in [1.807, 2.05) is 0 Å². The van der Waals surface area contributed by atoms with Crippen LogP contribution in [-0.4, -0.2) is 68.3 Å². The highest BCUT2D eigenvalue weighted by Crippen LogP contribution is 2.41. The zero-order chi connectivity index (χ0) is 24.2. The molecule has 0 radical (unpaired) electrons. The van der Waals surface area contributed by atoms with Gasteiger partial charge in [0.1, 0.15) is 19.0 Å². The summed E-state index contributed by atoms with van der Waals surface area (Å²) in [6, 6.07) is 10.4. The van der Waals surface area contributed by atoms with Gasteiger partial charge in [-0.25, -0.2) is 4.79 Å². The fourth-order valence-corrected chi connectivity index (χ4v) is 4.10. The largest absolute Gasteiger partial charge is 0.507 e. The van der Waals surface area contributed by atoms with Crippen molar-refractivity contribution >= 4 is 23.4 Å². The topological polar surface area (TPSA) is 112 Å². The SMILES string of the molecule is COCCCN1C(=O)C(=O)/C(=C(/O)c2ccc3c(c2)OCCO3)[C@@H]1c1ccc(C(=O)OC)cc1. The number of methoxy groups -OCH3 is 2. The number of fused-ring (bicyclic) bond motifs is 1. The second-order valence-electron chi connectivity index (χ2n) is 7.81. The number of amides is 1. The van der Waals surface area contributed by atoms with E-state index in [0.29, 0.717) is 54.4 Å². The van der Waals surface area contributed by atoms with E-state index in [1.165, 1.54) is 12.0 Å². The number of carbonyl (C=O) groups is 3. The second kappa shape index (κ2) is 9.96. The monoisotopic (exact) mass is 467 g/mol. The lowest BCUT2D eigenvalue weighted by Gasteiger charge is -2.25. The summed E-state index contributed by atoms with van der Waals surface area (Å²) in [5.74, 6) is -1.32. The van der Waals surface area contributed by atoms with Crippen LogP contribution in [0.3, 0.4) is 0 Å². The van der Waals surface area contributed by atoms with E-state index in [-0.39, 0.29) is 17.9 Å². The summed E-state index contributed by atoms with van der Waals surface area (Å²) < 4.78 is 20.9. The molecule has 1 saturated heterocycles. The van der Waals surface area contributed by atoms with Gasteiger partial charge in [0.05, 0.1) is 24.3 Å². The van der Waals surface area contributed by atoms with E-state index in [4.69, 9.17) is 18.9 Å². The van der Waals surface area contributed by atoms with Gasteiger partial charge in [0, 0.05) is 25.8 Å². The number of rotatable bonds is 7. The Hall–Kier alpha value is -3.85. The number of esters is 1. The van der Waals surface area contributed by atoms with Crippen molar-refractivity contribution in [1.82, 2.24) is 4.90 Å². The molecule has 0 unspecified atom stereocenters. The number of nitrogens with zero attached hydrogens (tertiary/aromatic N) is 1. The van der Waals surface area contributed by atoms with Crippen molar-refractivity contribution in [2.45, 2.75) is 12.5 Å². The molecule has 0 aliphatic carbocycles. The number of hydrogen-bond acceptors (Lipinski definition) is 8. The first-order valence-corrected chi connectivity index (χ1v) is 10.8. The van der Waals surface area contributed by atoms with Crippen LogP contribution < -0.4 is 9.47 Å². The van der Waals surface area contributed by atoms with Crippen molar-refractivity contribution in [3.8, 4) is 11.5 Å². The van der Waals surface area contributed by atoms with Crippen LogP contribution in [0.25, 0.3) is 5.76 Å². The minimum absolute atomic E-state index is 0.0371. The molecule has 4 rings (SSSR count). The van der Waals surface area contributed by atoms with Crippen molar-refractivity contribution in [3.63, 3.8) is 0 Å². The molecule has 0 saturated carbocycles. The van der Waals surface area contributed by atoms with E-state index in [2.05, 4.69) is 0 Å². The third kappa shape index (κ3) is 4.34. The van der Waals surface area contributed by atoms with Gasteiger partial charge < -0.3 is 29.0 Å². The predicted molar refractivity (Wildman–Crippen MR) is 121 cm³/mol. The quantitative estimate of drug-likeness (QED) is 0.218. The average molecular weight is 467 g/mol. The highest BCUT2D eigenvalue weighted by atomic mass is 16.6. The maximum atomic E-state index is 13.1.